The molecule has 0 saturated carbocycles. The Morgan fingerprint density at radius 3 is 3.00 bits per heavy atom. The number of hydrogen-bond acceptors (Lipinski definition) is 6. The van der Waals surface area contributed by atoms with Gasteiger partial charge in [0.25, 0.3) is 0 Å². The van der Waals surface area contributed by atoms with Gasteiger partial charge in [-0.15, -0.1) is 5.10 Å². The summed E-state index contributed by atoms with van der Waals surface area (Å²) in [6.07, 6.45) is -2.19. The highest BCUT2D eigenvalue weighted by Crippen LogP contribution is 2.25. The molecule has 25 heavy (non-hydrogen) atoms. The molecule has 3 rings (SSSR count). The SMILES string of the molecule is FC(F)(F)COc1cccc(CSc2nnnn2CC2CCCO2)c1. The van der Waals surface area contributed by atoms with Crippen molar-refractivity contribution in [3.63, 3.8) is 0 Å². The third-order valence-electron chi connectivity index (χ3n) is 3.57. The van der Waals surface area contributed by atoms with Crippen molar-refractivity contribution in [2.75, 3.05) is 13.2 Å². The summed E-state index contributed by atoms with van der Waals surface area (Å²) in [5, 5.41) is 12.3. The number of nitrogens with zero attached hydrogens (tertiary/aromatic N) is 4. The maximum atomic E-state index is 12.2. The zero-order valence-electron chi connectivity index (χ0n) is 13.3. The Hall–Kier alpha value is -1.81. The van der Waals surface area contributed by atoms with Gasteiger partial charge in [-0.3, -0.25) is 0 Å². The highest BCUT2D eigenvalue weighted by molar-refractivity contribution is 7.98. The van der Waals surface area contributed by atoms with Gasteiger partial charge in [-0.25, -0.2) is 4.68 Å². The van der Waals surface area contributed by atoms with E-state index < -0.39 is 12.8 Å². The number of ether oxygens (including phenoxy) is 2. The van der Waals surface area contributed by atoms with Crippen LogP contribution < -0.4 is 4.74 Å². The Balaban J connectivity index is 1.56. The molecule has 1 aliphatic heterocycles. The first-order valence-electron chi connectivity index (χ1n) is 7.79. The van der Waals surface area contributed by atoms with Crippen LogP contribution in [0.15, 0.2) is 29.4 Å². The fourth-order valence-corrected chi connectivity index (χ4v) is 3.26. The highest BCUT2D eigenvalue weighted by Gasteiger charge is 2.28. The van der Waals surface area contributed by atoms with Crippen LogP contribution in [0.25, 0.3) is 0 Å². The molecular weight excluding hydrogens is 357 g/mol. The van der Waals surface area contributed by atoms with E-state index in [0.29, 0.717) is 17.5 Å². The first-order chi connectivity index (χ1) is 12.0. The summed E-state index contributed by atoms with van der Waals surface area (Å²) in [7, 11) is 0. The van der Waals surface area contributed by atoms with E-state index in [-0.39, 0.29) is 11.9 Å². The number of alkyl halides is 3. The molecule has 1 aromatic heterocycles. The molecule has 0 spiro atoms. The smallest absolute Gasteiger partial charge is 0.422 e. The van der Waals surface area contributed by atoms with Crippen LogP contribution in [0.4, 0.5) is 13.2 Å². The summed E-state index contributed by atoms with van der Waals surface area (Å²) >= 11 is 1.42. The lowest BCUT2D eigenvalue weighted by atomic mass is 10.2. The third-order valence-corrected chi connectivity index (χ3v) is 4.60. The van der Waals surface area contributed by atoms with Crippen LogP contribution in [0, 0.1) is 0 Å². The molecule has 0 radical (unpaired) electrons. The van der Waals surface area contributed by atoms with Crippen LogP contribution in [-0.4, -0.2) is 45.7 Å². The second kappa shape index (κ2) is 8.05. The van der Waals surface area contributed by atoms with Crippen molar-refractivity contribution in [3.8, 4) is 5.75 Å². The molecule has 1 aliphatic rings. The maximum absolute atomic E-state index is 12.2. The van der Waals surface area contributed by atoms with Crippen LogP contribution in [0.3, 0.4) is 0 Å². The van der Waals surface area contributed by atoms with Gasteiger partial charge in [0.2, 0.25) is 5.16 Å². The number of hydrogen-bond donors (Lipinski definition) is 0. The Morgan fingerprint density at radius 2 is 2.24 bits per heavy atom. The molecule has 10 heteroatoms. The lowest BCUT2D eigenvalue weighted by Crippen LogP contribution is -2.19. The third kappa shape index (κ3) is 5.60. The van der Waals surface area contributed by atoms with Gasteiger partial charge in [0.1, 0.15) is 5.75 Å². The molecule has 1 fully saturated rings. The number of tetrazole rings is 1. The van der Waals surface area contributed by atoms with Crippen LogP contribution in [0.1, 0.15) is 18.4 Å². The Bertz CT molecular complexity index is 689. The van der Waals surface area contributed by atoms with Gasteiger partial charge in [-0.1, -0.05) is 23.9 Å². The van der Waals surface area contributed by atoms with Crippen molar-refractivity contribution in [3.05, 3.63) is 29.8 Å². The van der Waals surface area contributed by atoms with Crippen LogP contribution in [-0.2, 0) is 17.0 Å². The number of rotatable bonds is 7. The quantitative estimate of drug-likeness (QED) is 0.694. The normalized spacial score (nSPS) is 17.8. The molecule has 1 unspecified atom stereocenters. The topological polar surface area (TPSA) is 62.1 Å². The highest BCUT2D eigenvalue weighted by atomic mass is 32.2. The Labute approximate surface area is 146 Å². The minimum Gasteiger partial charge on any atom is -0.484 e. The van der Waals surface area contributed by atoms with Gasteiger partial charge in [-0.05, 0) is 41.0 Å². The lowest BCUT2D eigenvalue weighted by Gasteiger charge is -2.11. The van der Waals surface area contributed by atoms with Crippen molar-refractivity contribution in [2.24, 2.45) is 0 Å². The van der Waals surface area contributed by atoms with E-state index in [1.165, 1.54) is 17.8 Å². The predicted molar refractivity (Wildman–Crippen MR) is 84.3 cm³/mol. The van der Waals surface area contributed by atoms with Crippen molar-refractivity contribution < 1.29 is 22.6 Å². The first-order valence-corrected chi connectivity index (χ1v) is 8.77. The average Bonchev–Trinajstić information content (AvgIpc) is 3.23. The van der Waals surface area contributed by atoms with E-state index >= 15 is 0 Å². The first kappa shape index (κ1) is 18.0. The van der Waals surface area contributed by atoms with Crippen molar-refractivity contribution in [1.82, 2.24) is 20.2 Å². The van der Waals surface area contributed by atoms with Crippen LogP contribution in [0.2, 0.25) is 0 Å². The van der Waals surface area contributed by atoms with E-state index in [0.717, 1.165) is 25.0 Å². The second-order valence-corrected chi connectivity index (χ2v) is 6.56. The van der Waals surface area contributed by atoms with E-state index in [1.807, 2.05) is 6.07 Å². The lowest BCUT2D eigenvalue weighted by molar-refractivity contribution is -0.153. The maximum Gasteiger partial charge on any atom is 0.422 e. The molecule has 2 aromatic rings. The van der Waals surface area contributed by atoms with E-state index in [2.05, 4.69) is 15.5 Å². The number of halogens is 3. The fourth-order valence-electron chi connectivity index (χ4n) is 2.43. The molecule has 0 amide bonds. The Kier molecular flexibility index (Phi) is 5.79. The molecule has 136 valence electrons. The van der Waals surface area contributed by atoms with Crippen LogP contribution >= 0.6 is 11.8 Å². The zero-order chi connectivity index (χ0) is 17.7. The van der Waals surface area contributed by atoms with Crippen molar-refractivity contribution >= 4 is 11.8 Å². The minimum absolute atomic E-state index is 0.127. The van der Waals surface area contributed by atoms with E-state index in [1.54, 1.807) is 16.8 Å². The number of aromatic nitrogens is 4. The predicted octanol–water partition coefficient (Wildman–Crippen LogP) is 3.09. The molecule has 0 aliphatic carbocycles. The summed E-state index contributed by atoms with van der Waals surface area (Å²) < 4.78 is 48.7. The standard InChI is InChI=1S/C15H17F3N4O2S/c16-15(17,18)10-24-12-4-1-3-11(7-12)9-25-14-19-20-21-22(14)8-13-5-2-6-23-13/h1,3-4,7,13H,2,5-6,8-10H2. The summed E-state index contributed by atoms with van der Waals surface area (Å²) in [4.78, 5) is 0. The Morgan fingerprint density at radius 1 is 1.36 bits per heavy atom. The van der Waals surface area contributed by atoms with Crippen LogP contribution in [0.5, 0.6) is 5.75 Å². The molecule has 1 saturated heterocycles. The average molecular weight is 374 g/mol. The molecule has 1 aromatic carbocycles. The van der Waals surface area contributed by atoms with Gasteiger partial charge in [0.15, 0.2) is 6.61 Å². The molecule has 0 bridgehead atoms. The number of benzene rings is 1. The summed E-state index contributed by atoms with van der Waals surface area (Å²) in [6.45, 7) is 0.0628. The molecule has 2 heterocycles. The van der Waals surface area contributed by atoms with Gasteiger partial charge in [0, 0.05) is 12.4 Å². The van der Waals surface area contributed by atoms with Crippen molar-refractivity contribution in [2.45, 2.75) is 42.6 Å². The van der Waals surface area contributed by atoms with E-state index in [9.17, 15) is 13.2 Å². The minimum atomic E-state index is -4.35. The van der Waals surface area contributed by atoms with E-state index in [4.69, 9.17) is 9.47 Å². The molecule has 1 atom stereocenters. The summed E-state index contributed by atoms with van der Waals surface area (Å²) in [6, 6.07) is 6.58. The van der Waals surface area contributed by atoms with Gasteiger partial charge >= 0.3 is 6.18 Å². The monoisotopic (exact) mass is 374 g/mol. The molecule has 0 N–H and O–H groups in total. The summed E-state index contributed by atoms with van der Waals surface area (Å²) in [5.41, 5.74) is 0.830. The van der Waals surface area contributed by atoms with Crippen molar-refractivity contribution in [1.29, 1.82) is 0 Å². The summed E-state index contributed by atoms with van der Waals surface area (Å²) in [5.74, 6) is 0.712. The van der Waals surface area contributed by atoms with Gasteiger partial charge in [-0.2, -0.15) is 13.2 Å². The second-order valence-electron chi connectivity index (χ2n) is 5.62. The van der Waals surface area contributed by atoms with Gasteiger partial charge < -0.3 is 9.47 Å². The molecular formula is C15H17F3N4O2S. The van der Waals surface area contributed by atoms with Gasteiger partial charge in [0.05, 0.1) is 12.6 Å². The molecule has 6 nitrogen and oxygen atoms in total. The largest absolute Gasteiger partial charge is 0.484 e. The fraction of sp³-hybridized carbons (Fsp3) is 0.533. The zero-order valence-corrected chi connectivity index (χ0v) is 14.1. The number of thioether (sulfide) groups is 1.